The van der Waals surface area contributed by atoms with Crippen molar-refractivity contribution in [1.29, 1.82) is 5.26 Å². The maximum absolute atomic E-state index is 13.1. The second kappa shape index (κ2) is 4.51. The highest BCUT2D eigenvalue weighted by molar-refractivity contribution is 5.79. The maximum Gasteiger partial charge on any atom is 0.235 e. The van der Waals surface area contributed by atoms with E-state index in [4.69, 9.17) is 11.0 Å². The summed E-state index contributed by atoms with van der Waals surface area (Å²) in [6.45, 7) is 0. The number of amides is 1. The van der Waals surface area contributed by atoms with Gasteiger partial charge in [-0.25, -0.2) is 8.78 Å². The SMILES string of the molecule is N#C[C@H](Cc1c(F)cccc1F)C(N)=O. The molecule has 0 spiro atoms. The lowest BCUT2D eigenvalue weighted by Gasteiger charge is -2.06. The lowest BCUT2D eigenvalue weighted by molar-refractivity contribution is -0.120. The van der Waals surface area contributed by atoms with Gasteiger partial charge in [-0.1, -0.05) is 6.07 Å². The Morgan fingerprint density at radius 2 is 2.00 bits per heavy atom. The molecule has 0 bridgehead atoms. The molecular weight excluding hydrogens is 202 g/mol. The number of hydrogen-bond acceptors (Lipinski definition) is 2. The van der Waals surface area contributed by atoms with Gasteiger partial charge in [-0.2, -0.15) is 5.26 Å². The molecule has 1 atom stereocenters. The van der Waals surface area contributed by atoms with Crippen LogP contribution in [0.3, 0.4) is 0 Å². The topological polar surface area (TPSA) is 66.9 Å². The number of carbonyl (C=O) groups excluding carboxylic acids is 1. The summed E-state index contributed by atoms with van der Waals surface area (Å²) in [5.74, 6) is -3.66. The first kappa shape index (κ1) is 11.1. The number of nitrogens with zero attached hydrogens (tertiary/aromatic N) is 1. The first-order valence-electron chi connectivity index (χ1n) is 4.18. The molecule has 3 nitrogen and oxygen atoms in total. The van der Waals surface area contributed by atoms with Gasteiger partial charge in [0.05, 0.1) is 6.07 Å². The molecule has 0 unspecified atom stereocenters. The minimum atomic E-state index is -1.21. The predicted octanol–water partition coefficient (Wildman–Crippen LogP) is 1.13. The Kier molecular flexibility index (Phi) is 3.34. The zero-order valence-electron chi connectivity index (χ0n) is 7.71. The van der Waals surface area contributed by atoms with Crippen LogP contribution in [0.5, 0.6) is 0 Å². The van der Waals surface area contributed by atoms with Crippen LogP contribution in [-0.2, 0) is 11.2 Å². The van der Waals surface area contributed by atoms with Gasteiger partial charge in [-0.3, -0.25) is 4.79 Å². The van der Waals surface area contributed by atoms with E-state index in [1.165, 1.54) is 6.07 Å². The number of hydrogen-bond donors (Lipinski definition) is 1. The van der Waals surface area contributed by atoms with Crippen molar-refractivity contribution in [1.82, 2.24) is 0 Å². The van der Waals surface area contributed by atoms with Crippen molar-refractivity contribution >= 4 is 5.91 Å². The van der Waals surface area contributed by atoms with Crippen LogP contribution in [0.15, 0.2) is 18.2 Å². The van der Waals surface area contributed by atoms with Gasteiger partial charge in [0, 0.05) is 12.0 Å². The van der Waals surface area contributed by atoms with Crippen LogP contribution in [0.25, 0.3) is 0 Å². The number of rotatable bonds is 3. The van der Waals surface area contributed by atoms with Crippen molar-refractivity contribution in [3.63, 3.8) is 0 Å². The van der Waals surface area contributed by atoms with Gasteiger partial charge in [-0.15, -0.1) is 0 Å². The Morgan fingerprint density at radius 1 is 1.47 bits per heavy atom. The molecule has 1 aromatic rings. The molecule has 1 aromatic carbocycles. The third-order valence-corrected chi connectivity index (χ3v) is 1.97. The monoisotopic (exact) mass is 210 g/mol. The van der Waals surface area contributed by atoms with Gasteiger partial charge in [0.15, 0.2) is 0 Å². The third kappa shape index (κ3) is 2.50. The van der Waals surface area contributed by atoms with Crippen LogP contribution in [0.2, 0.25) is 0 Å². The standard InChI is InChI=1S/C10H8F2N2O/c11-8-2-1-3-9(12)7(8)4-6(5-13)10(14)15/h1-3,6H,4H2,(H2,14,15)/t6-/m0/s1. The van der Waals surface area contributed by atoms with Gasteiger partial charge in [0.2, 0.25) is 5.91 Å². The van der Waals surface area contributed by atoms with Gasteiger partial charge in [0.25, 0.3) is 0 Å². The number of nitriles is 1. The lowest BCUT2D eigenvalue weighted by Crippen LogP contribution is -2.24. The fourth-order valence-corrected chi connectivity index (χ4v) is 1.14. The quantitative estimate of drug-likeness (QED) is 0.812. The zero-order valence-corrected chi connectivity index (χ0v) is 7.71. The number of nitrogens with two attached hydrogens (primary N) is 1. The largest absolute Gasteiger partial charge is 0.369 e. The van der Waals surface area contributed by atoms with Crippen molar-refractivity contribution in [3.05, 3.63) is 35.4 Å². The zero-order chi connectivity index (χ0) is 11.4. The molecule has 5 heteroatoms. The Morgan fingerprint density at radius 3 is 2.40 bits per heavy atom. The smallest absolute Gasteiger partial charge is 0.235 e. The molecule has 0 saturated heterocycles. The summed E-state index contributed by atoms with van der Waals surface area (Å²) < 4.78 is 26.2. The summed E-state index contributed by atoms with van der Waals surface area (Å²) in [6.07, 6.45) is -0.343. The predicted molar refractivity (Wildman–Crippen MR) is 48.4 cm³/mol. The summed E-state index contributed by atoms with van der Waals surface area (Å²) in [5.41, 5.74) is 4.60. The van der Waals surface area contributed by atoms with Crippen molar-refractivity contribution in [2.75, 3.05) is 0 Å². The summed E-state index contributed by atoms with van der Waals surface area (Å²) >= 11 is 0. The van der Waals surface area contributed by atoms with Crippen molar-refractivity contribution < 1.29 is 13.6 Å². The highest BCUT2D eigenvalue weighted by atomic mass is 19.1. The van der Waals surface area contributed by atoms with Gasteiger partial charge in [0.1, 0.15) is 17.6 Å². The van der Waals surface area contributed by atoms with Crippen LogP contribution in [0.4, 0.5) is 8.78 Å². The first-order valence-corrected chi connectivity index (χ1v) is 4.18. The molecule has 0 aliphatic heterocycles. The second-order valence-electron chi connectivity index (χ2n) is 2.99. The Labute approximate surface area is 85.1 Å². The number of halogens is 2. The highest BCUT2D eigenvalue weighted by Crippen LogP contribution is 2.16. The molecular formula is C10H8F2N2O. The van der Waals surface area contributed by atoms with Crippen molar-refractivity contribution in [2.24, 2.45) is 11.7 Å². The van der Waals surface area contributed by atoms with Crippen molar-refractivity contribution in [2.45, 2.75) is 6.42 Å². The number of benzene rings is 1. The summed E-state index contributed by atoms with van der Waals surface area (Å²) in [7, 11) is 0. The van der Waals surface area contributed by atoms with Gasteiger partial charge in [-0.05, 0) is 12.1 Å². The highest BCUT2D eigenvalue weighted by Gasteiger charge is 2.19. The minimum Gasteiger partial charge on any atom is -0.369 e. The molecule has 15 heavy (non-hydrogen) atoms. The van der Waals surface area contributed by atoms with Crippen LogP contribution in [0.1, 0.15) is 5.56 Å². The molecule has 0 heterocycles. The van der Waals surface area contributed by atoms with Crippen LogP contribution < -0.4 is 5.73 Å². The van der Waals surface area contributed by atoms with E-state index in [1.807, 2.05) is 0 Å². The van der Waals surface area contributed by atoms with Crippen LogP contribution in [0, 0.1) is 28.9 Å². The number of primary amides is 1. The summed E-state index contributed by atoms with van der Waals surface area (Å²) in [4.78, 5) is 10.7. The van der Waals surface area contributed by atoms with E-state index in [9.17, 15) is 13.6 Å². The molecule has 2 N–H and O–H groups in total. The normalized spacial score (nSPS) is 11.8. The van der Waals surface area contributed by atoms with E-state index < -0.39 is 23.5 Å². The Hall–Kier alpha value is -1.96. The maximum atomic E-state index is 13.1. The van der Waals surface area contributed by atoms with E-state index in [-0.39, 0.29) is 12.0 Å². The molecule has 0 aromatic heterocycles. The molecule has 0 saturated carbocycles. The van der Waals surface area contributed by atoms with E-state index in [0.717, 1.165) is 12.1 Å². The van der Waals surface area contributed by atoms with Crippen LogP contribution in [-0.4, -0.2) is 5.91 Å². The minimum absolute atomic E-state index is 0.289. The van der Waals surface area contributed by atoms with E-state index in [2.05, 4.69) is 0 Å². The molecule has 0 aliphatic carbocycles. The molecule has 0 fully saturated rings. The fourth-order valence-electron chi connectivity index (χ4n) is 1.14. The Bertz CT molecular complexity index is 406. The average Bonchev–Trinajstić information content (AvgIpc) is 2.17. The summed E-state index contributed by atoms with van der Waals surface area (Å²) in [6, 6.07) is 4.93. The summed E-state index contributed by atoms with van der Waals surface area (Å²) in [5, 5.41) is 8.54. The third-order valence-electron chi connectivity index (χ3n) is 1.97. The Balaban J connectivity index is 2.99. The second-order valence-corrected chi connectivity index (χ2v) is 2.99. The van der Waals surface area contributed by atoms with E-state index >= 15 is 0 Å². The van der Waals surface area contributed by atoms with E-state index in [0.29, 0.717) is 0 Å². The molecule has 78 valence electrons. The fraction of sp³-hybridized carbons (Fsp3) is 0.200. The molecule has 1 amide bonds. The molecule has 1 rings (SSSR count). The first-order chi connectivity index (χ1) is 7.06. The van der Waals surface area contributed by atoms with Crippen molar-refractivity contribution in [3.8, 4) is 6.07 Å². The van der Waals surface area contributed by atoms with Crippen LogP contribution >= 0.6 is 0 Å². The molecule has 0 radical (unpaired) electrons. The lowest BCUT2D eigenvalue weighted by atomic mass is 9.99. The number of carbonyl (C=O) groups is 1. The van der Waals surface area contributed by atoms with Gasteiger partial charge >= 0.3 is 0 Å². The van der Waals surface area contributed by atoms with Gasteiger partial charge < -0.3 is 5.73 Å². The van der Waals surface area contributed by atoms with E-state index in [1.54, 1.807) is 6.07 Å². The molecule has 0 aliphatic rings. The average molecular weight is 210 g/mol.